The van der Waals surface area contributed by atoms with E-state index in [0.29, 0.717) is 36.0 Å². The molecule has 1 amide bonds. The molecule has 2 aromatic rings. The van der Waals surface area contributed by atoms with Gasteiger partial charge in [-0.15, -0.1) is 0 Å². The Kier molecular flexibility index (Phi) is 10.2. The summed E-state index contributed by atoms with van der Waals surface area (Å²) in [4.78, 5) is 29.6. The Balaban J connectivity index is 1.49. The van der Waals surface area contributed by atoms with E-state index in [0.717, 1.165) is 51.3 Å². The number of hydrogen-bond donors (Lipinski definition) is 1. The van der Waals surface area contributed by atoms with E-state index >= 15 is 0 Å². The van der Waals surface area contributed by atoms with E-state index < -0.39 is 11.9 Å². The van der Waals surface area contributed by atoms with Gasteiger partial charge in [-0.25, -0.2) is 4.79 Å². The molecule has 2 aromatic carbocycles. The summed E-state index contributed by atoms with van der Waals surface area (Å²) < 4.78 is 16.6. The van der Waals surface area contributed by atoms with Gasteiger partial charge < -0.3 is 29.3 Å². The Hall–Kier alpha value is -3.26. The lowest BCUT2D eigenvalue weighted by molar-refractivity contribution is -0.119. The van der Waals surface area contributed by atoms with Crippen LogP contribution in [-0.4, -0.2) is 69.3 Å². The van der Waals surface area contributed by atoms with E-state index in [1.807, 2.05) is 31.2 Å². The molecule has 0 spiro atoms. The van der Waals surface area contributed by atoms with Crippen LogP contribution in [0.4, 0.5) is 11.4 Å². The van der Waals surface area contributed by atoms with E-state index in [4.69, 9.17) is 14.2 Å². The lowest BCUT2D eigenvalue weighted by Crippen LogP contribution is -2.46. The Bertz CT molecular complexity index is 956. The molecule has 0 atom stereocenters. The first kappa shape index (κ1) is 26.3. The molecule has 1 heterocycles. The molecule has 8 nitrogen and oxygen atoms in total. The monoisotopic (exact) mass is 483 g/mol. The van der Waals surface area contributed by atoms with E-state index in [1.165, 1.54) is 0 Å². The normalized spacial score (nSPS) is 13.9. The molecule has 1 fully saturated rings. The van der Waals surface area contributed by atoms with Crippen molar-refractivity contribution in [2.75, 3.05) is 62.8 Å². The largest absolute Gasteiger partial charge is 0.490 e. The number of hydrogen-bond acceptors (Lipinski definition) is 7. The number of unbranched alkanes of at least 4 members (excludes halogenated alkanes) is 1. The zero-order chi connectivity index (χ0) is 25.0. The van der Waals surface area contributed by atoms with Gasteiger partial charge in [0.2, 0.25) is 0 Å². The Morgan fingerprint density at radius 1 is 0.914 bits per heavy atom. The minimum atomic E-state index is -0.595. The number of ether oxygens (including phenoxy) is 3. The van der Waals surface area contributed by atoms with Crippen molar-refractivity contribution >= 4 is 23.3 Å². The van der Waals surface area contributed by atoms with E-state index in [-0.39, 0.29) is 6.61 Å². The lowest BCUT2D eigenvalue weighted by Gasteiger charge is -2.35. The summed E-state index contributed by atoms with van der Waals surface area (Å²) >= 11 is 0. The van der Waals surface area contributed by atoms with Crippen LogP contribution in [0.15, 0.2) is 42.5 Å². The van der Waals surface area contributed by atoms with Gasteiger partial charge in [0.25, 0.3) is 5.91 Å². The van der Waals surface area contributed by atoms with Crippen molar-refractivity contribution in [2.45, 2.75) is 33.6 Å². The predicted molar refractivity (Wildman–Crippen MR) is 138 cm³/mol. The van der Waals surface area contributed by atoms with Crippen molar-refractivity contribution in [3.8, 4) is 11.5 Å². The number of nitrogens with zero attached hydrogens (tertiary/aromatic N) is 2. The second kappa shape index (κ2) is 13.6. The van der Waals surface area contributed by atoms with Crippen LogP contribution in [0.3, 0.4) is 0 Å². The fraction of sp³-hybridized carbons (Fsp3) is 0.481. The summed E-state index contributed by atoms with van der Waals surface area (Å²) in [5.41, 5.74) is 2.10. The highest BCUT2D eigenvalue weighted by Gasteiger charge is 2.17. The molecule has 3 rings (SSSR count). The van der Waals surface area contributed by atoms with Gasteiger partial charge in [0.1, 0.15) is 0 Å². The number of anilines is 2. The molecule has 190 valence electrons. The molecule has 35 heavy (non-hydrogen) atoms. The maximum absolute atomic E-state index is 12.5. The summed E-state index contributed by atoms with van der Waals surface area (Å²) in [6.45, 7) is 12.0. The molecule has 0 radical (unpaired) electrons. The average Bonchev–Trinajstić information content (AvgIpc) is 2.89. The first-order valence-corrected chi connectivity index (χ1v) is 12.5. The van der Waals surface area contributed by atoms with Crippen molar-refractivity contribution in [3.05, 3.63) is 48.0 Å². The third-order valence-electron chi connectivity index (χ3n) is 5.90. The maximum atomic E-state index is 12.5. The number of benzene rings is 2. The van der Waals surface area contributed by atoms with Gasteiger partial charge in [0, 0.05) is 37.6 Å². The van der Waals surface area contributed by atoms with Crippen LogP contribution < -0.4 is 19.7 Å². The van der Waals surface area contributed by atoms with Gasteiger partial charge >= 0.3 is 5.97 Å². The zero-order valence-electron chi connectivity index (χ0n) is 21.0. The summed E-state index contributed by atoms with van der Waals surface area (Å²) in [6, 6.07) is 12.6. The van der Waals surface area contributed by atoms with Crippen LogP contribution >= 0.6 is 0 Å². The SMILES string of the molecule is CCCCOc1ccc(C(=O)OCC(=O)Nc2ccc(N3CCN(CC)CC3)cc2)cc1OCC. The summed E-state index contributed by atoms with van der Waals surface area (Å²) in [6.07, 6.45) is 1.96. The first-order valence-electron chi connectivity index (χ1n) is 12.5. The second-order valence-electron chi connectivity index (χ2n) is 8.39. The van der Waals surface area contributed by atoms with Gasteiger partial charge in [-0.3, -0.25) is 4.79 Å². The molecule has 0 saturated carbocycles. The smallest absolute Gasteiger partial charge is 0.338 e. The standard InChI is InChI=1S/C27H37N3O5/c1-4-7-18-34-24-13-8-21(19-25(24)33-6-3)27(32)35-20-26(31)28-22-9-11-23(12-10-22)30-16-14-29(5-2)15-17-30/h8-13,19H,4-7,14-18,20H2,1-3H3,(H,28,31). The molecule has 0 aliphatic carbocycles. The van der Waals surface area contributed by atoms with Crippen molar-refractivity contribution in [2.24, 2.45) is 0 Å². The number of piperazine rings is 1. The van der Waals surface area contributed by atoms with Crippen molar-refractivity contribution in [3.63, 3.8) is 0 Å². The highest BCUT2D eigenvalue weighted by Crippen LogP contribution is 2.29. The number of carbonyl (C=O) groups is 2. The zero-order valence-corrected chi connectivity index (χ0v) is 21.0. The van der Waals surface area contributed by atoms with Crippen LogP contribution in [0.5, 0.6) is 11.5 Å². The van der Waals surface area contributed by atoms with E-state index in [9.17, 15) is 9.59 Å². The number of carbonyl (C=O) groups excluding carboxylic acids is 2. The number of rotatable bonds is 12. The summed E-state index contributed by atoms with van der Waals surface area (Å²) in [5, 5.41) is 2.78. The molecule has 0 unspecified atom stereocenters. The fourth-order valence-corrected chi connectivity index (χ4v) is 3.84. The number of nitrogens with one attached hydrogen (secondary N) is 1. The quantitative estimate of drug-likeness (QED) is 0.358. The van der Waals surface area contributed by atoms with E-state index in [2.05, 4.69) is 29.0 Å². The van der Waals surface area contributed by atoms with Crippen molar-refractivity contribution < 1.29 is 23.8 Å². The Morgan fingerprint density at radius 2 is 1.66 bits per heavy atom. The predicted octanol–water partition coefficient (Wildman–Crippen LogP) is 4.20. The molecule has 0 bridgehead atoms. The number of amides is 1. The molecular formula is C27H37N3O5. The van der Waals surface area contributed by atoms with Gasteiger partial charge in [-0.05, 0) is 62.4 Å². The molecule has 1 N–H and O–H groups in total. The highest BCUT2D eigenvalue weighted by molar-refractivity contribution is 5.95. The topological polar surface area (TPSA) is 80.3 Å². The number of likely N-dealkylation sites (N-methyl/N-ethyl adjacent to an activating group) is 1. The Labute approximate surface area is 208 Å². The molecule has 1 aliphatic rings. The minimum absolute atomic E-state index is 0.302. The van der Waals surface area contributed by atoms with Crippen LogP contribution in [-0.2, 0) is 9.53 Å². The summed E-state index contributed by atoms with van der Waals surface area (Å²) in [5.74, 6) is 0.0824. The van der Waals surface area contributed by atoms with Gasteiger partial charge in [0.05, 0.1) is 18.8 Å². The first-order chi connectivity index (χ1) is 17.0. The minimum Gasteiger partial charge on any atom is -0.490 e. The third kappa shape index (κ3) is 7.89. The van der Waals surface area contributed by atoms with Gasteiger partial charge in [-0.2, -0.15) is 0 Å². The highest BCUT2D eigenvalue weighted by atomic mass is 16.5. The van der Waals surface area contributed by atoms with E-state index in [1.54, 1.807) is 18.2 Å². The van der Waals surface area contributed by atoms with Crippen LogP contribution in [0.25, 0.3) is 0 Å². The number of esters is 1. The molecule has 8 heteroatoms. The lowest BCUT2D eigenvalue weighted by atomic mass is 10.2. The summed E-state index contributed by atoms with van der Waals surface area (Å²) in [7, 11) is 0. The van der Waals surface area contributed by atoms with Gasteiger partial charge in [0.15, 0.2) is 18.1 Å². The maximum Gasteiger partial charge on any atom is 0.338 e. The molecule has 1 saturated heterocycles. The van der Waals surface area contributed by atoms with Gasteiger partial charge in [-0.1, -0.05) is 20.3 Å². The van der Waals surface area contributed by atoms with Crippen molar-refractivity contribution in [1.82, 2.24) is 4.90 Å². The average molecular weight is 484 g/mol. The third-order valence-corrected chi connectivity index (χ3v) is 5.90. The Morgan fingerprint density at radius 3 is 2.31 bits per heavy atom. The van der Waals surface area contributed by atoms with Crippen LogP contribution in [0.1, 0.15) is 44.0 Å². The molecule has 0 aromatic heterocycles. The van der Waals surface area contributed by atoms with Crippen LogP contribution in [0, 0.1) is 0 Å². The molecule has 1 aliphatic heterocycles. The van der Waals surface area contributed by atoms with Crippen molar-refractivity contribution in [1.29, 1.82) is 0 Å². The van der Waals surface area contributed by atoms with Crippen LogP contribution in [0.2, 0.25) is 0 Å². The second-order valence-corrected chi connectivity index (χ2v) is 8.39. The molecular weight excluding hydrogens is 446 g/mol. The fourth-order valence-electron chi connectivity index (χ4n) is 3.84.